The maximum atomic E-state index is 13.3. The molecule has 2 aromatic carbocycles. The van der Waals surface area contributed by atoms with E-state index in [9.17, 15) is 31.4 Å². The van der Waals surface area contributed by atoms with Crippen LogP contribution in [0.4, 0.5) is 18.9 Å². The van der Waals surface area contributed by atoms with E-state index in [4.69, 9.17) is 0 Å². The first-order valence-electron chi connectivity index (χ1n) is 8.56. The number of aryl methyl sites for hydroxylation is 1. The number of benzene rings is 2. The van der Waals surface area contributed by atoms with Crippen molar-refractivity contribution in [3.63, 3.8) is 0 Å². The topological polar surface area (TPSA) is 103 Å². The number of aromatic amines is 1. The minimum Gasteiger partial charge on any atom is -0.358 e. The van der Waals surface area contributed by atoms with Gasteiger partial charge in [0.25, 0.3) is 10.0 Å². The number of hydrogen-bond acceptors (Lipinski definition) is 4. The van der Waals surface area contributed by atoms with Crippen molar-refractivity contribution >= 4 is 39.1 Å². The minimum absolute atomic E-state index is 0.134. The van der Waals surface area contributed by atoms with Gasteiger partial charge in [-0.2, -0.15) is 18.4 Å². The van der Waals surface area contributed by atoms with Crippen LogP contribution in [0, 0.1) is 18.3 Å². The molecule has 2 N–H and O–H groups in total. The number of anilines is 1. The van der Waals surface area contributed by atoms with E-state index in [-0.39, 0.29) is 5.69 Å². The van der Waals surface area contributed by atoms with Gasteiger partial charge in [0, 0.05) is 16.9 Å². The summed E-state index contributed by atoms with van der Waals surface area (Å²) in [4.78, 5) is 2.40. The molecule has 0 atom stereocenters. The average molecular weight is 455 g/mol. The summed E-state index contributed by atoms with van der Waals surface area (Å²) < 4.78 is 80.4. The van der Waals surface area contributed by atoms with Crippen LogP contribution in [-0.2, 0) is 20.8 Å². The molecule has 3 rings (SSSR count). The first-order valence-corrected chi connectivity index (χ1v) is 12.6. The van der Waals surface area contributed by atoms with Crippen LogP contribution in [-0.4, -0.2) is 26.7 Å². The van der Waals surface area contributed by atoms with E-state index in [0.717, 1.165) is 31.0 Å². The van der Waals surface area contributed by atoms with Crippen molar-refractivity contribution in [2.45, 2.75) is 18.0 Å². The van der Waals surface area contributed by atoms with Crippen LogP contribution in [0.5, 0.6) is 0 Å². The lowest BCUT2D eigenvalue weighted by molar-refractivity contribution is -0.136. The molecule has 0 radical (unpaired) electrons. The monoisotopic (exact) mass is 455 g/mol. The Kier molecular flexibility index (Phi) is 5.25. The van der Waals surface area contributed by atoms with Crippen LogP contribution in [0.1, 0.15) is 16.7 Å². The van der Waals surface area contributed by atoms with Crippen molar-refractivity contribution in [3.8, 4) is 6.07 Å². The van der Waals surface area contributed by atoms with Crippen molar-refractivity contribution < 1.29 is 26.2 Å². The number of fused-ring (bicyclic) bond motifs is 1. The molecule has 158 valence electrons. The lowest BCUT2D eigenvalue weighted by Gasteiger charge is -2.18. The smallest absolute Gasteiger partial charge is 0.358 e. The molecule has 0 saturated heterocycles. The fraction of sp³-hybridized carbons (Fsp3) is 0.211. The number of hydrogen-bond donors (Lipinski definition) is 2. The zero-order chi connectivity index (χ0) is 22.5. The number of sulfonamides is 1. The van der Waals surface area contributed by atoms with Gasteiger partial charge in [-0.25, -0.2) is 8.42 Å². The van der Waals surface area contributed by atoms with Crippen LogP contribution in [0.15, 0.2) is 41.4 Å². The molecule has 30 heavy (non-hydrogen) atoms. The summed E-state index contributed by atoms with van der Waals surface area (Å²) >= 11 is 0. The number of nitrogens with zero attached hydrogens (tertiary/aromatic N) is 1. The summed E-state index contributed by atoms with van der Waals surface area (Å²) in [6.07, 6.45) is -3.33. The number of aromatic nitrogens is 1. The fourth-order valence-corrected chi connectivity index (χ4v) is 5.58. The standard InChI is InChI=1S/C19H17F3N3O3PS/c1-11-4-7-15(18-17(11)12(9-23)10-24-18)25-30(27,28)13-5-6-14(19(20,21)22)16(8-13)29(2,3)26/h4-8,10,24-25H,1-3H3. The van der Waals surface area contributed by atoms with Gasteiger partial charge in [0.2, 0.25) is 0 Å². The number of rotatable bonds is 4. The second-order valence-corrected chi connectivity index (χ2v) is 12.0. The molecule has 0 aliphatic carbocycles. The molecule has 0 unspecified atom stereocenters. The van der Waals surface area contributed by atoms with Gasteiger partial charge in [-0.3, -0.25) is 4.72 Å². The highest BCUT2D eigenvalue weighted by Crippen LogP contribution is 2.42. The molecule has 1 aromatic heterocycles. The van der Waals surface area contributed by atoms with Crippen molar-refractivity contribution in [3.05, 3.63) is 53.2 Å². The molecule has 0 spiro atoms. The van der Waals surface area contributed by atoms with Crippen molar-refractivity contribution in [2.24, 2.45) is 0 Å². The van der Waals surface area contributed by atoms with Crippen LogP contribution < -0.4 is 10.0 Å². The van der Waals surface area contributed by atoms with E-state index < -0.39 is 39.1 Å². The molecular weight excluding hydrogens is 438 g/mol. The Morgan fingerprint density at radius 2 is 1.83 bits per heavy atom. The molecule has 0 aliphatic heterocycles. The highest BCUT2D eigenvalue weighted by molar-refractivity contribution is 7.92. The molecule has 11 heteroatoms. The summed E-state index contributed by atoms with van der Waals surface area (Å²) in [6, 6.07) is 7.37. The predicted molar refractivity (Wildman–Crippen MR) is 109 cm³/mol. The summed E-state index contributed by atoms with van der Waals surface area (Å²) in [5, 5.41) is 9.20. The molecule has 0 bridgehead atoms. The fourth-order valence-electron chi connectivity index (χ4n) is 3.16. The number of H-pyrrole nitrogens is 1. The lowest BCUT2D eigenvalue weighted by Crippen LogP contribution is -2.22. The maximum absolute atomic E-state index is 13.3. The highest BCUT2D eigenvalue weighted by Gasteiger charge is 2.37. The van der Waals surface area contributed by atoms with E-state index in [1.807, 2.05) is 6.07 Å². The summed E-state index contributed by atoms with van der Waals surface area (Å²) in [6.45, 7) is 4.05. The lowest BCUT2D eigenvalue weighted by atomic mass is 10.1. The van der Waals surface area contributed by atoms with E-state index >= 15 is 0 Å². The summed E-state index contributed by atoms with van der Waals surface area (Å²) in [5.74, 6) is 0. The molecule has 0 fully saturated rings. The van der Waals surface area contributed by atoms with Crippen molar-refractivity contribution in [1.82, 2.24) is 4.98 Å². The quantitative estimate of drug-likeness (QED) is 0.569. The van der Waals surface area contributed by atoms with Gasteiger partial charge in [-0.05, 0) is 50.1 Å². The maximum Gasteiger partial charge on any atom is 0.417 e. The van der Waals surface area contributed by atoms with Gasteiger partial charge in [-0.15, -0.1) is 0 Å². The zero-order valence-corrected chi connectivity index (χ0v) is 17.8. The van der Waals surface area contributed by atoms with Gasteiger partial charge in [-0.1, -0.05) is 6.07 Å². The third kappa shape index (κ3) is 3.95. The average Bonchev–Trinajstić information content (AvgIpc) is 3.07. The second-order valence-electron chi connectivity index (χ2n) is 7.13. The Balaban J connectivity index is 2.13. The first kappa shape index (κ1) is 21.9. The number of nitriles is 1. The Labute approximate surface area is 171 Å². The Hall–Kier alpha value is -2.76. The third-order valence-electron chi connectivity index (χ3n) is 4.57. The van der Waals surface area contributed by atoms with Gasteiger partial charge < -0.3 is 9.55 Å². The Bertz CT molecular complexity index is 1350. The normalized spacial score (nSPS) is 12.7. The van der Waals surface area contributed by atoms with Crippen LogP contribution >= 0.6 is 7.14 Å². The van der Waals surface area contributed by atoms with Crippen molar-refractivity contribution in [1.29, 1.82) is 5.26 Å². The van der Waals surface area contributed by atoms with E-state index in [0.29, 0.717) is 22.5 Å². The van der Waals surface area contributed by atoms with Gasteiger partial charge in [0.1, 0.15) is 13.2 Å². The van der Waals surface area contributed by atoms with E-state index in [1.54, 1.807) is 13.0 Å². The van der Waals surface area contributed by atoms with Crippen LogP contribution in [0.25, 0.3) is 10.9 Å². The number of nitrogens with one attached hydrogen (secondary N) is 2. The molecule has 0 aliphatic rings. The summed E-state index contributed by atoms with van der Waals surface area (Å²) in [5.41, 5.74) is 0.461. The Morgan fingerprint density at radius 3 is 2.40 bits per heavy atom. The van der Waals surface area contributed by atoms with Crippen LogP contribution in [0.3, 0.4) is 0 Å². The number of alkyl halides is 3. The molecule has 1 heterocycles. The zero-order valence-electron chi connectivity index (χ0n) is 16.1. The molecule has 0 amide bonds. The van der Waals surface area contributed by atoms with Gasteiger partial charge in [0.05, 0.1) is 27.2 Å². The third-order valence-corrected chi connectivity index (χ3v) is 7.47. The first-order chi connectivity index (χ1) is 13.8. The predicted octanol–water partition coefficient (Wildman–Crippen LogP) is 4.42. The largest absolute Gasteiger partial charge is 0.417 e. The SMILES string of the molecule is Cc1ccc(NS(=O)(=O)c2ccc(C(F)(F)F)c(P(C)(C)=O)c2)c2[nH]cc(C#N)c12. The molecule has 0 saturated carbocycles. The molecule has 6 nitrogen and oxygen atoms in total. The highest BCUT2D eigenvalue weighted by atomic mass is 32.2. The van der Waals surface area contributed by atoms with Crippen LogP contribution in [0.2, 0.25) is 0 Å². The van der Waals surface area contributed by atoms with Gasteiger partial charge >= 0.3 is 6.18 Å². The van der Waals surface area contributed by atoms with E-state index in [2.05, 4.69) is 9.71 Å². The number of halogens is 3. The van der Waals surface area contributed by atoms with E-state index in [1.165, 1.54) is 12.3 Å². The molecule has 3 aromatic rings. The van der Waals surface area contributed by atoms with Gasteiger partial charge in [0.15, 0.2) is 0 Å². The Morgan fingerprint density at radius 1 is 1.17 bits per heavy atom. The second kappa shape index (κ2) is 7.18. The minimum atomic E-state index is -4.77. The van der Waals surface area contributed by atoms with Crippen molar-refractivity contribution in [2.75, 3.05) is 18.1 Å². The molecular formula is C19H17F3N3O3PS. The summed E-state index contributed by atoms with van der Waals surface area (Å²) in [7, 11) is -7.73.